The van der Waals surface area contributed by atoms with Crippen LogP contribution in [0.5, 0.6) is 0 Å². The highest BCUT2D eigenvalue weighted by molar-refractivity contribution is 6.30. The molecule has 1 atom stereocenters. The lowest BCUT2D eigenvalue weighted by Crippen LogP contribution is -2.59. The molecule has 0 aliphatic carbocycles. The number of carbonyl (C=O) groups excluding carboxylic acids is 2. The van der Waals surface area contributed by atoms with Gasteiger partial charge >= 0.3 is 6.09 Å². The van der Waals surface area contributed by atoms with Crippen molar-refractivity contribution in [3.63, 3.8) is 0 Å². The van der Waals surface area contributed by atoms with Crippen LogP contribution in [0.1, 0.15) is 45.2 Å². The lowest BCUT2D eigenvalue weighted by molar-refractivity contribution is -0.127. The molecule has 2 amide bonds. The van der Waals surface area contributed by atoms with Crippen molar-refractivity contribution in [2.75, 3.05) is 6.54 Å². The summed E-state index contributed by atoms with van der Waals surface area (Å²) < 4.78 is 5.57. The number of aromatic amines is 1. The monoisotopic (exact) mass is 469 g/mol. The van der Waals surface area contributed by atoms with Crippen LogP contribution in [-0.2, 0) is 22.4 Å². The number of rotatable bonds is 9. The number of halogens is 1. The molecule has 0 fully saturated rings. The van der Waals surface area contributed by atoms with Gasteiger partial charge in [0, 0.05) is 35.1 Å². The molecule has 0 saturated carbocycles. The predicted octanol–water partition coefficient (Wildman–Crippen LogP) is 5.40. The van der Waals surface area contributed by atoms with Gasteiger partial charge in [-0.25, -0.2) is 4.79 Å². The normalized spacial score (nSPS) is 13.4. The fraction of sp³-hybridized carbons (Fsp3) is 0.385. The first-order valence-corrected chi connectivity index (χ1v) is 11.6. The third kappa shape index (κ3) is 6.51. The lowest BCUT2D eigenvalue weighted by Gasteiger charge is -2.32. The van der Waals surface area contributed by atoms with Crippen molar-refractivity contribution in [2.45, 2.75) is 58.1 Å². The summed E-state index contributed by atoms with van der Waals surface area (Å²) in [7, 11) is 0. The highest BCUT2D eigenvalue weighted by Crippen LogP contribution is 2.24. The van der Waals surface area contributed by atoms with Gasteiger partial charge in [0.15, 0.2) is 0 Å². The number of nitrogens with one attached hydrogen (secondary N) is 3. The van der Waals surface area contributed by atoms with E-state index in [2.05, 4.69) is 15.6 Å². The summed E-state index contributed by atoms with van der Waals surface area (Å²) in [5, 5.41) is 7.50. The molecule has 1 aromatic heterocycles. The van der Waals surface area contributed by atoms with Crippen molar-refractivity contribution in [3.8, 4) is 0 Å². The van der Waals surface area contributed by atoms with Crippen molar-refractivity contribution in [3.05, 3.63) is 70.9 Å². The van der Waals surface area contributed by atoms with Crippen LogP contribution in [0.15, 0.2) is 54.7 Å². The van der Waals surface area contributed by atoms with Gasteiger partial charge in [-0.1, -0.05) is 48.9 Å². The van der Waals surface area contributed by atoms with Gasteiger partial charge in [-0.3, -0.25) is 4.79 Å². The second kappa shape index (κ2) is 10.3. The summed E-state index contributed by atoms with van der Waals surface area (Å²) in [6.07, 6.45) is 2.89. The molecule has 33 heavy (non-hydrogen) atoms. The Kier molecular flexibility index (Phi) is 7.69. The quantitative estimate of drug-likeness (QED) is 0.392. The number of aromatic nitrogens is 1. The Balaban J connectivity index is 1.76. The second-order valence-electron chi connectivity index (χ2n) is 9.13. The molecule has 2 aromatic carbocycles. The molecule has 7 heteroatoms. The van der Waals surface area contributed by atoms with Gasteiger partial charge in [0.25, 0.3) is 0 Å². The van der Waals surface area contributed by atoms with E-state index in [4.69, 9.17) is 16.3 Å². The number of H-pyrrole nitrogens is 1. The minimum atomic E-state index is -1.20. The Labute approximate surface area is 200 Å². The topological polar surface area (TPSA) is 83.2 Å². The molecule has 0 aliphatic heterocycles. The first-order chi connectivity index (χ1) is 15.6. The molecule has 1 unspecified atom stereocenters. The van der Waals surface area contributed by atoms with Gasteiger partial charge in [0.1, 0.15) is 11.1 Å². The molecule has 0 aliphatic rings. The Bertz CT molecular complexity index is 1110. The van der Waals surface area contributed by atoms with E-state index in [1.807, 2.05) is 75.5 Å². The van der Waals surface area contributed by atoms with Gasteiger partial charge in [-0.05, 0) is 62.9 Å². The zero-order valence-corrected chi connectivity index (χ0v) is 20.4. The molecule has 6 nitrogen and oxygen atoms in total. The Morgan fingerprint density at radius 3 is 2.45 bits per heavy atom. The van der Waals surface area contributed by atoms with Crippen LogP contribution in [0.4, 0.5) is 4.79 Å². The zero-order valence-electron chi connectivity index (χ0n) is 19.6. The van der Waals surface area contributed by atoms with Crippen LogP contribution in [0, 0.1) is 0 Å². The van der Waals surface area contributed by atoms with E-state index in [0.29, 0.717) is 30.8 Å². The molecule has 3 N–H and O–H groups in total. The number of hydrogen-bond donors (Lipinski definition) is 3. The molecule has 3 aromatic rings. The number of para-hydroxylation sites is 1. The largest absolute Gasteiger partial charge is 0.444 e. The molecule has 0 radical (unpaired) electrons. The number of benzene rings is 2. The van der Waals surface area contributed by atoms with E-state index in [9.17, 15) is 9.59 Å². The van der Waals surface area contributed by atoms with E-state index in [-0.39, 0.29) is 5.91 Å². The fourth-order valence-corrected chi connectivity index (χ4v) is 3.71. The summed E-state index contributed by atoms with van der Waals surface area (Å²) in [5.74, 6) is -0.270. The first-order valence-electron chi connectivity index (χ1n) is 11.2. The molecule has 3 rings (SSSR count). The molecule has 1 heterocycles. The van der Waals surface area contributed by atoms with Crippen LogP contribution >= 0.6 is 11.6 Å². The first kappa shape index (κ1) is 24.6. The van der Waals surface area contributed by atoms with Gasteiger partial charge in [-0.15, -0.1) is 0 Å². The van der Waals surface area contributed by atoms with Crippen LogP contribution in [0.25, 0.3) is 10.9 Å². The Hall–Kier alpha value is -2.99. The lowest BCUT2D eigenvalue weighted by atomic mass is 9.91. The minimum absolute atomic E-state index is 0.270. The predicted molar refractivity (Wildman–Crippen MR) is 133 cm³/mol. The maximum Gasteiger partial charge on any atom is 0.408 e. The molecule has 0 saturated heterocycles. The van der Waals surface area contributed by atoms with Gasteiger partial charge in [0.05, 0.1) is 0 Å². The number of ether oxygens (including phenoxy) is 1. The van der Waals surface area contributed by atoms with Crippen molar-refractivity contribution in [2.24, 2.45) is 0 Å². The van der Waals surface area contributed by atoms with Crippen molar-refractivity contribution in [1.29, 1.82) is 0 Å². The summed E-state index contributed by atoms with van der Waals surface area (Å²) in [6, 6.07) is 15.4. The summed E-state index contributed by atoms with van der Waals surface area (Å²) in [4.78, 5) is 29.3. The smallest absolute Gasteiger partial charge is 0.408 e. The number of alkyl carbamates (subject to hydrolysis) is 1. The van der Waals surface area contributed by atoms with E-state index < -0.39 is 17.2 Å². The SMILES string of the molecule is CCC(C)(C)OC(=O)NC(C)(Cc1c[nH]c2ccccc12)C(=O)NCCc1ccc(Cl)cc1. The molecular weight excluding hydrogens is 438 g/mol. The average molecular weight is 470 g/mol. The molecular formula is C26H32ClN3O3. The van der Waals surface area contributed by atoms with Crippen LogP contribution in [0.3, 0.4) is 0 Å². The highest BCUT2D eigenvalue weighted by Gasteiger charge is 2.37. The number of fused-ring (bicyclic) bond motifs is 1. The van der Waals surface area contributed by atoms with Gasteiger partial charge < -0.3 is 20.4 Å². The number of amides is 2. The second-order valence-corrected chi connectivity index (χ2v) is 9.56. The maximum absolute atomic E-state index is 13.3. The Morgan fingerprint density at radius 2 is 1.76 bits per heavy atom. The maximum atomic E-state index is 13.3. The average Bonchev–Trinajstić information content (AvgIpc) is 3.17. The number of carbonyl (C=O) groups is 2. The van der Waals surface area contributed by atoms with Crippen LogP contribution in [0.2, 0.25) is 5.02 Å². The third-order valence-electron chi connectivity index (χ3n) is 5.93. The van der Waals surface area contributed by atoms with Crippen molar-refractivity contribution < 1.29 is 14.3 Å². The molecule has 0 bridgehead atoms. The molecule has 0 spiro atoms. The number of hydrogen-bond acceptors (Lipinski definition) is 3. The van der Waals surface area contributed by atoms with Crippen molar-refractivity contribution in [1.82, 2.24) is 15.6 Å². The van der Waals surface area contributed by atoms with E-state index >= 15 is 0 Å². The fourth-order valence-electron chi connectivity index (χ4n) is 3.58. The highest BCUT2D eigenvalue weighted by atomic mass is 35.5. The minimum Gasteiger partial charge on any atom is -0.444 e. The van der Waals surface area contributed by atoms with Gasteiger partial charge in [0.2, 0.25) is 5.91 Å². The van der Waals surface area contributed by atoms with E-state index in [1.54, 1.807) is 6.92 Å². The van der Waals surface area contributed by atoms with Crippen molar-refractivity contribution >= 4 is 34.5 Å². The third-order valence-corrected chi connectivity index (χ3v) is 6.18. The zero-order chi connectivity index (χ0) is 24.1. The summed E-state index contributed by atoms with van der Waals surface area (Å²) in [5.41, 5.74) is 1.15. The van der Waals surface area contributed by atoms with E-state index in [1.165, 1.54) is 0 Å². The Morgan fingerprint density at radius 1 is 1.06 bits per heavy atom. The van der Waals surface area contributed by atoms with Crippen LogP contribution in [-0.4, -0.2) is 34.7 Å². The van der Waals surface area contributed by atoms with Crippen LogP contribution < -0.4 is 10.6 Å². The summed E-state index contributed by atoms with van der Waals surface area (Å²) in [6.45, 7) is 7.79. The summed E-state index contributed by atoms with van der Waals surface area (Å²) >= 11 is 5.95. The standard InChI is InChI=1S/C26H32ClN3O3/c1-5-25(2,3)33-24(32)30-26(4,16-19-17-29-22-9-7-6-8-21(19)22)23(31)28-15-14-18-10-12-20(27)13-11-18/h6-13,17,29H,5,14-16H2,1-4H3,(H,28,31)(H,30,32). The molecule has 176 valence electrons. The van der Waals surface area contributed by atoms with Gasteiger partial charge in [-0.2, -0.15) is 0 Å². The van der Waals surface area contributed by atoms with E-state index in [0.717, 1.165) is 22.0 Å².